The minimum Gasteiger partial charge on any atom is -0.322 e. The number of imide groups is 1. The number of urea groups is 1. The van der Waals surface area contributed by atoms with E-state index in [1.165, 1.54) is 16.0 Å². The van der Waals surface area contributed by atoms with Crippen LogP contribution in [0.15, 0.2) is 60.7 Å². The summed E-state index contributed by atoms with van der Waals surface area (Å²) in [5.74, 6) is 0.625. The summed E-state index contributed by atoms with van der Waals surface area (Å²) in [7, 11) is 0. The first-order valence-corrected chi connectivity index (χ1v) is 12.3. The Hall–Kier alpha value is -2.70. The van der Waals surface area contributed by atoms with Crippen molar-refractivity contribution in [3.8, 4) is 0 Å². The van der Waals surface area contributed by atoms with Crippen LogP contribution in [0.3, 0.4) is 0 Å². The zero-order valence-corrected chi connectivity index (χ0v) is 19.3. The molecule has 3 aliphatic rings. The molecule has 1 N–H and O–H groups in total. The Bertz CT molecular complexity index is 959. The maximum Gasteiger partial charge on any atom is 0.326 e. The first-order valence-electron chi connectivity index (χ1n) is 12.3. The van der Waals surface area contributed by atoms with Crippen molar-refractivity contribution in [2.75, 3.05) is 32.8 Å². The van der Waals surface area contributed by atoms with Gasteiger partial charge in [-0.15, -0.1) is 0 Å². The maximum absolute atomic E-state index is 13.5. The zero-order chi connectivity index (χ0) is 22.7. The number of carbonyl (C=O) groups is 2. The second-order valence-electron chi connectivity index (χ2n) is 9.94. The number of amides is 3. The van der Waals surface area contributed by atoms with Crippen molar-refractivity contribution < 1.29 is 9.59 Å². The molecule has 6 nitrogen and oxygen atoms in total. The lowest BCUT2D eigenvalue weighted by molar-refractivity contribution is -0.135. The first kappa shape index (κ1) is 22.1. The molecule has 2 aromatic carbocycles. The van der Waals surface area contributed by atoms with Crippen molar-refractivity contribution in [1.29, 1.82) is 0 Å². The predicted octanol–water partition coefficient (Wildman–Crippen LogP) is 3.49. The number of nitrogens with zero attached hydrogens (tertiary/aromatic N) is 3. The summed E-state index contributed by atoms with van der Waals surface area (Å²) in [6.45, 7) is 4.62. The number of likely N-dealkylation sites (tertiary alicyclic amines) is 2. The fraction of sp³-hybridized carbons (Fsp3) is 0.481. The van der Waals surface area contributed by atoms with E-state index in [0.717, 1.165) is 58.3 Å². The third-order valence-electron chi connectivity index (χ3n) is 7.48. The third-order valence-corrected chi connectivity index (χ3v) is 7.48. The summed E-state index contributed by atoms with van der Waals surface area (Å²) in [5.41, 5.74) is 1.86. The van der Waals surface area contributed by atoms with Crippen molar-refractivity contribution >= 4 is 11.9 Å². The van der Waals surface area contributed by atoms with E-state index < -0.39 is 5.54 Å². The van der Waals surface area contributed by atoms with Crippen LogP contribution in [0, 0.1) is 5.92 Å². The highest BCUT2D eigenvalue weighted by molar-refractivity contribution is 6.07. The van der Waals surface area contributed by atoms with Crippen LogP contribution in [0.5, 0.6) is 0 Å². The average molecular weight is 447 g/mol. The monoisotopic (exact) mass is 446 g/mol. The number of hydrogen-bond donors (Lipinski definition) is 1. The second kappa shape index (κ2) is 9.65. The molecule has 0 bridgehead atoms. The Morgan fingerprint density at radius 1 is 0.848 bits per heavy atom. The van der Waals surface area contributed by atoms with Gasteiger partial charge in [-0.2, -0.15) is 0 Å². The smallest absolute Gasteiger partial charge is 0.322 e. The van der Waals surface area contributed by atoms with Crippen molar-refractivity contribution in [3.05, 3.63) is 71.8 Å². The van der Waals surface area contributed by atoms with Gasteiger partial charge >= 0.3 is 6.03 Å². The number of piperidine rings is 2. The van der Waals surface area contributed by atoms with Crippen molar-refractivity contribution in [1.82, 2.24) is 20.0 Å². The molecule has 3 heterocycles. The maximum atomic E-state index is 13.5. The molecule has 1 atom stereocenters. The largest absolute Gasteiger partial charge is 0.326 e. The molecule has 3 aliphatic heterocycles. The lowest BCUT2D eigenvalue weighted by atomic mass is 9.88. The van der Waals surface area contributed by atoms with Gasteiger partial charge in [-0.1, -0.05) is 60.7 Å². The van der Waals surface area contributed by atoms with Gasteiger partial charge in [0.15, 0.2) is 0 Å². The molecule has 0 aliphatic carbocycles. The Morgan fingerprint density at radius 2 is 1.52 bits per heavy atom. The highest BCUT2D eigenvalue weighted by atomic mass is 16.2. The fourth-order valence-electron chi connectivity index (χ4n) is 5.68. The average Bonchev–Trinajstić information content (AvgIpc) is 3.05. The molecular formula is C27H34N4O2. The van der Waals surface area contributed by atoms with E-state index in [2.05, 4.69) is 57.6 Å². The van der Waals surface area contributed by atoms with Gasteiger partial charge in [0.1, 0.15) is 5.54 Å². The molecule has 174 valence electrons. The molecule has 5 rings (SSSR count). The normalized spacial score (nSPS) is 25.0. The van der Waals surface area contributed by atoms with E-state index in [0.29, 0.717) is 19.1 Å². The Balaban J connectivity index is 1.16. The molecule has 0 unspecified atom stereocenters. The van der Waals surface area contributed by atoms with Gasteiger partial charge in [0.05, 0.1) is 6.67 Å². The summed E-state index contributed by atoms with van der Waals surface area (Å²) in [4.78, 5) is 32.3. The minimum absolute atomic E-state index is 0.0447. The van der Waals surface area contributed by atoms with Crippen LogP contribution < -0.4 is 5.32 Å². The van der Waals surface area contributed by atoms with Crippen molar-refractivity contribution in [2.24, 2.45) is 5.92 Å². The van der Waals surface area contributed by atoms with Gasteiger partial charge in [0, 0.05) is 26.2 Å². The van der Waals surface area contributed by atoms with Gasteiger partial charge in [-0.25, -0.2) is 9.69 Å². The molecular weight excluding hydrogens is 412 g/mol. The van der Waals surface area contributed by atoms with E-state index in [4.69, 9.17) is 0 Å². The Morgan fingerprint density at radius 3 is 2.21 bits per heavy atom. The van der Waals surface area contributed by atoms with Crippen LogP contribution in [0.1, 0.15) is 36.8 Å². The summed E-state index contributed by atoms with van der Waals surface area (Å²) in [6, 6.07) is 20.8. The summed E-state index contributed by atoms with van der Waals surface area (Å²) >= 11 is 0. The van der Waals surface area contributed by atoms with Gasteiger partial charge in [-0.3, -0.25) is 14.6 Å². The number of hydrogen-bond acceptors (Lipinski definition) is 4. The molecule has 6 heteroatoms. The Labute approximate surface area is 196 Å². The fourth-order valence-corrected chi connectivity index (χ4v) is 5.68. The van der Waals surface area contributed by atoms with Gasteiger partial charge in [0.25, 0.3) is 5.91 Å². The van der Waals surface area contributed by atoms with Crippen LogP contribution in [0.4, 0.5) is 4.79 Å². The minimum atomic E-state index is -0.768. The number of rotatable bonds is 6. The lowest BCUT2D eigenvalue weighted by Crippen LogP contribution is -2.58. The van der Waals surface area contributed by atoms with Crippen molar-refractivity contribution in [3.63, 3.8) is 0 Å². The standard InChI is InChI=1S/C27H34N4O2/c32-25-27(14-7-15-30(20-27)19-24-10-5-2-6-11-24)28-26(33)31(25)21-29-16-12-23(13-17-29)18-22-8-3-1-4-9-22/h1-6,8-11,23H,7,12-21H2,(H,28,33)/t27-/m0/s1. The SMILES string of the molecule is O=C1N[C@]2(CCCN(Cc3ccccc3)C2)C(=O)N1CN1CCC(Cc2ccccc2)CC1. The zero-order valence-electron chi connectivity index (χ0n) is 19.3. The van der Waals surface area contributed by atoms with E-state index in [1.807, 2.05) is 18.2 Å². The third kappa shape index (κ3) is 4.97. The molecule has 3 fully saturated rings. The molecule has 3 saturated heterocycles. The van der Waals surface area contributed by atoms with Gasteiger partial charge in [0.2, 0.25) is 0 Å². The molecule has 33 heavy (non-hydrogen) atoms. The van der Waals surface area contributed by atoms with Crippen LogP contribution in [0.25, 0.3) is 0 Å². The van der Waals surface area contributed by atoms with Crippen LogP contribution in [0.2, 0.25) is 0 Å². The molecule has 0 aromatic heterocycles. The quantitative estimate of drug-likeness (QED) is 0.691. The van der Waals surface area contributed by atoms with E-state index in [9.17, 15) is 9.59 Å². The van der Waals surface area contributed by atoms with Gasteiger partial charge in [-0.05, 0) is 55.7 Å². The van der Waals surface area contributed by atoms with Crippen LogP contribution in [-0.4, -0.2) is 65.0 Å². The lowest BCUT2D eigenvalue weighted by Gasteiger charge is -2.38. The Kier molecular flexibility index (Phi) is 6.47. The number of benzene rings is 2. The molecule has 3 amide bonds. The highest BCUT2D eigenvalue weighted by Gasteiger charge is 2.53. The number of carbonyl (C=O) groups excluding carboxylic acids is 2. The first-order chi connectivity index (χ1) is 16.1. The van der Waals surface area contributed by atoms with E-state index >= 15 is 0 Å². The molecule has 0 radical (unpaired) electrons. The van der Waals surface area contributed by atoms with Gasteiger partial charge < -0.3 is 5.32 Å². The topological polar surface area (TPSA) is 55.9 Å². The van der Waals surface area contributed by atoms with Crippen LogP contribution in [-0.2, 0) is 17.8 Å². The van der Waals surface area contributed by atoms with E-state index in [1.54, 1.807) is 0 Å². The van der Waals surface area contributed by atoms with E-state index in [-0.39, 0.29) is 11.9 Å². The highest BCUT2D eigenvalue weighted by Crippen LogP contribution is 2.30. The second-order valence-corrected chi connectivity index (χ2v) is 9.94. The summed E-state index contributed by atoms with van der Waals surface area (Å²) < 4.78 is 0. The molecule has 1 spiro atoms. The van der Waals surface area contributed by atoms with Crippen molar-refractivity contribution in [2.45, 2.75) is 44.2 Å². The summed E-state index contributed by atoms with van der Waals surface area (Å²) in [6.07, 6.45) is 4.96. The number of nitrogens with one attached hydrogen (secondary N) is 1. The summed E-state index contributed by atoms with van der Waals surface area (Å²) in [5, 5.41) is 3.09. The molecule has 0 saturated carbocycles. The van der Waals surface area contributed by atoms with Crippen LogP contribution >= 0.6 is 0 Å². The predicted molar refractivity (Wildman–Crippen MR) is 128 cm³/mol. The molecule has 2 aromatic rings.